The van der Waals surface area contributed by atoms with Gasteiger partial charge < -0.3 is 14.6 Å². The first kappa shape index (κ1) is 19.3. The third-order valence-corrected chi connectivity index (χ3v) is 4.59. The second-order valence-electron chi connectivity index (χ2n) is 6.79. The van der Waals surface area contributed by atoms with Crippen molar-refractivity contribution in [2.45, 2.75) is 32.3 Å². The van der Waals surface area contributed by atoms with Crippen LogP contribution in [0.25, 0.3) is 0 Å². The molecule has 0 spiro atoms. The molecule has 1 N–H and O–H groups in total. The molecule has 1 saturated heterocycles. The van der Waals surface area contributed by atoms with Crippen LogP contribution >= 0.6 is 11.6 Å². The van der Waals surface area contributed by atoms with Crippen LogP contribution in [-0.4, -0.2) is 64.8 Å². The molecule has 26 heavy (non-hydrogen) atoms. The van der Waals surface area contributed by atoms with E-state index >= 15 is 0 Å². The molecule has 0 amide bonds. The van der Waals surface area contributed by atoms with E-state index in [9.17, 15) is 5.11 Å². The van der Waals surface area contributed by atoms with Crippen LogP contribution in [0.15, 0.2) is 36.7 Å². The second kappa shape index (κ2) is 9.48. The number of halogens is 1. The van der Waals surface area contributed by atoms with E-state index in [-0.39, 0.29) is 6.10 Å². The first-order chi connectivity index (χ1) is 12.6. The average Bonchev–Trinajstić information content (AvgIpc) is 3.02. The topological polar surface area (TPSA) is 59.8 Å². The molecule has 1 aromatic heterocycles. The number of rotatable bonds is 8. The molecule has 0 radical (unpaired) electrons. The molecule has 2 aromatic rings. The van der Waals surface area contributed by atoms with Gasteiger partial charge in [0.05, 0.1) is 44.8 Å². The summed E-state index contributed by atoms with van der Waals surface area (Å²) in [4.78, 5) is 2.22. The molecule has 3 rings (SSSR count). The Morgan fingerprint density at radius 2 is 2.19 bits per heavy atom. The van der Waals surface area contributed by atoms with Gasteiger partial charge in [-0.05, 0) is 30.2 Å². The number of aromatic nitrogens is 2. The third-order valence-electron chi connectivity index (χ3n) is 4.34. The van der Waals surface area contributed by atoms with Crippen LogP contribution in [-0.2, 0) is 22.6 Å². The SMILES string of the molecule is Cc1cnn(CC2CN(CC(O)COCc3ccc(Cl)cc3)CCO2)c1. The van der Waals surface area contributed by atoms with Crippen molar-refractivity contribution in [1.82, 2.24) is 14.7 Å². The number of morpholine rings is 1. The quantitative estimate of drug-likeness (QED) is 0.761. The summed E-state index contributed by atoms with van der Waals surface area (Å²) in [7, 11) is 0. The van der Waals surface area contributed by atoms with E-state index in [1.54, 1.807) is 0 Å². The molecular formula is C19H26ClN3O3. The van der Waals surface area contributed by atoms with Gasteiger partial charge in [0.1, 0.15) is 0 Å². The van der Waals surface area contributed by atoms with Crippen LogP contribution in [0, 0.1) is 6.92 Å². The Morgan fingerprint density at radius 3 is 2.92 bits per heavy atom. The van der Waals surface area contributed by atoms with E-state index < -0.39 is 6.10 Å². The van der Waals surface area contributed by atoms with Crippen LogP contribution in [0.3, 0.4) is 0 Å². The lowest BCUT2D eigenvalue weighted by Gasteiger charge is -2.34. The number of aliphatic hydroxyl groups is 1. The highest BCUT2D eigenvalue weighted by Crippen LogP contribution is 2.11. The molecule has 1 fully saturated rings. The third kappa shape index (κ3) is 6.07. The Labute approximate surface area is 159 Å². The van der Waals surface area contributed by atoms with Gasteiger partial charge in [-0.25, -0.2) is 0 Å². The zero-order valence-corrected chi connectivity index (χ0v) is 15.8. The summed E-state index contributed by atoms with van der Waals surface area (Å²) in [6.45, 7) is 6.39. The molecule has 7 heteroatoms. The van der Waals surface area contributed by atoms with E-state index in [1.807, 2.05) is 48.3 Å². The minimum absolute atomic E-state index is 0.0882. The fraction of sp³-hybridized carbons (Fsp3) is 0.526. The van der Waals surface area contributed by atoms with Crippen LogP contribution in [0.1, 0.15) is 11.1 Å². The molecule has 6 nitrogen and oxygen atoms in total. The fourth-order valence-corrected chi connectivity index (χ4v) is 3.20. The fourth-order valence-electron chi connectivity index (χ4n) is 3.08. The highest BCUT2D eigenvalue weighted by atomic mass is 35.5. The van der Waals surface area contributed by atoms with Gasteiger partial charge in [0, 0.05) is 30.9 Å². The smallest absolute Gasteiger partial charge is 0.0900 e. The Bertz CT molecular complexity index is 677. The van der Waals surface area contributed by atoms with Gasteiger partial charge in [0.2, 0.25) is 0 Å². The van der Waals surface area contributed by atoms with E-state index in [0.717, 1.165) is 30.8 Å². The number of ether oxygens (including phenoxy) is 2. The lowest BCUT2D eigenvalue weighted by molar-refractivity contribution is -0.0583. The number of β-amino-alcohol motifs (C(OH)–C–C–N with tert-alkyl or cyclic N) is 1. The molecule has 1 aliphatic rings. The van der Waals surface area contributed by atoms with Crippen molar-refractivity contribution in [3.63, 3.8) is 0 Å². The standard InChI is InChI=1S/C19H26ClN3O3/c1-15-8-21-23(9-15)12-19-11-22(6-7-26-19)10-18(24)14-25-13-16-2-4-17(20)5-3-16/h2-5,8-9,18-19,24H,6-7,10-14H2,1H3. The van der Waals surface area contributed by atoms with Crippen LogP contribution in [0.4, 0.5) is 0 Å². The maximum Gasteiger partial charge on any atom is 0.0900 e. The van der Waals surface area contributed by atoms with Crippen molar-refractivity contribution < 1.29 is 14.6 Å². The zero-order chi connectivity index (χ0) is 18.4. The molecule has 2 unspecified atom stereocenters. The summed E-state index contributed by atoms with van der Waals surface area (Å²) in [5, 5.41) is 15.3. The molecule has 1 aliphatic heterocycles. The highest BCUT2D eigenvalue weighted by molar-refractivity contribution is 6.30. The van der Waals surface area contributed by atoms with Gasteiger partial charge in [0.15, 0.2) is 0 Å². The minimum atomic E-state index is -0.520. The van der Waals surface area contributed by atoms with Crippen molar-refractivity contribution in [2.24, 2.45) is 0 Å². The molecule has 2 heterocycles. The summed E-state index contributed by atoms with van der Waals surface area (Å²) < 4.78 is 13.4. The second-order valence-corrected chi connectivity index (χ2v) is 7.22. The van der Waals surface area contributed by atoms with Gasteiger partial charge in [-0.2, -0.15) is 5.10 Å². The van der Waals surface area contributed by atoms with Gasteiger partial charge in [-0.15, -0.1) is 0 Å². The first-order valence-electron chi connectivity index (χ1n) is 8.92. The Morgan fingerprint density at radius 1 is 1.38 bits per heavy atom. The lowest BCUT2D eigenvalue weighted by Crippen LogP contribution is -2.47. The normalized spacial score (nSPS) is 19.6. The van der Waals surface area contributed by atoms with Crippen LogP contribution in [0.5, 0.6) is 0 Å². The molecular weight excluding hydrogens is 354 g/mol. The molecule has 0 bridgehead atoms. The zero-order valence-electron chi connectivity index (χ0n) is 15.1. The molecule has 0 saturated carbocycles. The Hall–Kier alpha value is -1.44. The van der Waals surface area contributed by atoms with E-state index in [1.165, 1.54) is 0 Å². The number of nitrogens with zero attached hydrogens (tertiary/aromatic N) is 3. The van der Waals surface area contributed by atoms with E-state index in [4.69, 9.17) is 21.1 Å². The lowest BCUT2D eigenvalue weighted by atomic mass is 10.2. The summed E-state index contributed by atoms with van der Waals surface area (Å²) >= 11 is 5.87. The van der Waals surface area contributed by atoms with Gasteiger partial charge in [0.25, 0.3) is 0 Å². The monoisotopic (exact) mass is 379 g/mol. The van der Waals surface area contributed by atoms with Gasteiger partial charge in [-0.3, -0.25) is 9.58 Å². The molecule has 1 aromatic carbocycles. The highest BCUT2D eigenvalue weighted by Gasteiger charge is 2.23. The van der Waals surface area contributed by atoms with Crippen molar-refractivity contribution in [3.8, 4) is 0 Å². The molecule has 142 valence electrons. The number of hydrogen-bond donors (Lipinski definition) is 1. The van der Waals surface area contributed by atoms with Crippen LogP contribution in [0.2, 0.25) is 5.02 Å². The summed E-state index contributed by atoms with van der Waals surface area (Å²) in [6, 6.07) is 7.54. The maximum atomic E-state index is 10.3. The van der Waals surface area contributed by atoms with Gasteiger partial charge in [-0.1, -0.05) is 23.7 Å². The van der Waals surface area contributed by atoms with E-state index in [2.05, 4.69) is 10.00 Å². The maximum absolute atomic E-state index is 10.3. The van der Waals surface area contributed by atoms with Gasteiger partial charge >= 0.3 is 0 Å². The minimum Gasteiger partial charge on any atom is -0.389 e. The largest absolute Gasteiger partial charge is 0.389 e. The Balaban J connectivity index is 1.37. The summed E-state index contributed by atoms with van der Waals surface area (Å²) in [5.74, 6) is 0. The number of hydrogen-bond acceptors (Lipinski definition) is 5. The predicted octanol–water partition coefficient (Wildman–Crippen LogP) is 2.12. The van der Waals surface area contributed by atoms with Crippen molar-refractivity contribution >= 4 is 11.6 Å². The Kier molecular flexibility index (Phi) is 7.05. The number of aliphatic hydroxyl groups excluding tert-OH is 1. The number of benzene rings is 1. The van der Waals surface area contributed by atoms with Crippen LogP contribution < -0.4 is 0 Å². The predicted molar refractivity (Wildman–Crippen MR) is 100 cm³/mol. The van der Waals surface area contributed by atoms with Crippen molar-refractivity contribution in [3.05, 3.63) is 52.8 Å². The van der Waals surface area contributed by atoms with Crippen molar-refractivity contribution in [2.75, 3.05) is 32.8 Å². The molecule has 2 atom stereocenters. The summed E-state index contributed by atoms with van der Waals surface area (Å²) in [5.41, 5.74) is 2.19. The first-order valence-corrected chi connectivity index (χ1v) is 9.29. The summed E-state index contributed by atoms with van der Waals surface area (Å²) in [6.07, 6.45) is 3.43. The average molecular weight is 380 g/mol. The molecule has 0 aliphatic carbocycles. The number of aryl methyl sites for hydroxylation is 1. The van der Waals surface area contributed by atoms with Crippen molar-refractivity contribution in [1.29, 1.82) is 0 Å². The van der Waals surface area contributed by atoms with E-state index in [0.29, 0.717) is 31.4 Å².